The molecule has 2 aliphatic rings. The highest BCUT2D eigenvalue weighted by Gasteiger charge is 2.28. The van der Waals surface area contributed by atoms with Crippen LogP contribution in [0.3, 0.4) is 0 Å². The summed E-state index contributed by atoms with van der Waals surface area (Å²) in [6.07, 6.45) is 1.81. The van der Waals surface area contributed by atoms with Gasteiger partial charge >= 0.3 is 0 Å². The Hall–Kier alpha value is -1.95. The molecule has 4 nitrogen and oxygen atoms in total. The van der Waals surface area contributed by atoms with Gasteiger partial charge in [0.05, 0.1) is 4.91 Å². The molecule has 27 heavy (non-hydrogen) atoms. The van der Waals surface area contributed by atoms with Gasteiger partial charge in [-0.15, -0.1) is 0 Å². The fourth-order valence-electron chi connectivity index (χ4n) is 3.10. The van der Waals surface area contributed by atoms with Gasteiger partial charge in [-0.2, -0.15) is 4.99 Å². The number of amides is 1. The van der Waals surface area contributed by atoms with Crippen molar-refractivity contribution in [2.75, 3.05) is 31.1 Å². The predicted octanol–water partition coefficient (Wildman–Crippen LogP) is 4.79. The number of carbonyl (C=O) groups is 1. The number of rotatable bonds is 2. The Morgan fingerprint density at radius 3 is 2.44 bits per heavy atom. The molecule has 0 unspecified atom stereocenters. The van der Waals surface area contributed by atoms with Crippen molar-refractivity contribution >= 4 is 57.8 Å². The molecule has 1 saturated heterocycles. The second-order valence-corrected chi connectivity index (χ2v) is 8.14. The van der Waals surface area contributed by atoms with E-state index >= 15 is 0 Å². The van der Waals surface area contributed by atoms with Crippen molar-refractivity contribution in [3.05, 3.63) is 69.0 Å². The molecular weight excluding hydrogens is 401 g/mol. The van der Waals surface area contributed by atoms with Gasteiger partial charge in [-0.3, -0.25) is 4.79 Å². The van der Waals surface area contributed by atoms with Gasteiger partial charge in [0.2, 0.25) is 0 Å². The van der Waals surface area contributed by atoms with E-state index in [1.54, 1.807) is 0 Å². The van der Waals surface area contributed by atoms with E-state index in [-0.39, 0.29) is 5.91 Å². The standard InChI is InChI=1S/C20H17Cl2N3OS/c21-15-5-3-6-16(13-15)24-8-10-25(11-9-24)20-23-19(26)18(27-20)12-14-4-1-2-7-17(14)22/h1-7,12-13H,8-11H2/b18-12+. The van der Waals surface area contributed by atoms with E-state index < -0.39 is 0 Å². The van der Waals surface area contributed by atoms with E-state index in [1.807, 2.05) is 48.5 Å². The van der Waals surface area contributed by atoms with Gasteiger partial charge in [0, 0.05) is 41.9 Å². The van der Waals surface area contributed by atoms with Crippen molar-refractivity contribution in [1.82, 2.24) is 4.90 Å². The maximum absolute atomic E-state index is 12.3. The van der Waals surface area contributed by atoms with Crippen LogP contribution in [0.25, 0.3) is 6.08 Å². The van der Waals surface area contributed by atoms with Crippen molar-refractivity contribution in [3.8, 4) is 0 Å². The number of hydrogen-bond donors (Lipinski definition) is 0. The highest BCUT2D eigenvalue weighted by Crippen LogP contribution is 2.32. The van der Waals surface area contributed by atoms with Crippen LogP contribution in [0.15, 0.2) is 58.4 Å². The van der Waals surface area contributed by atoms with E-state index in [0.29, 0.717) is 9.93 Å². The quantitative estimate of drug-likeness (QED) is 0.658. The van der Waals surface area contributed by atoms with Gasteiger partial charge in [0.1, 0.15) is 0 Å². The van der Waals surface area contributed by atoms with Gasteiger partial charge in [-0.05, 0) is 47.7 Å². The number of aliphatic imine (C=N–C) groups is 1. The molecule has 0 aliphatic carbocycles. The second kappa shape index (κ2) is 7.97. The number of piperazine rings is 1. The van der Waals surface area contributed by atoms with Crippen molar-refractivity contribution in [1.29, 1.82) is 0 Å². The predicted molar refractivity (Wildman–Crippen MR) is 115 cm³/mol. The molecule has 1 amide bonds. The first-order chi connectivity index (χ1) is 13.1. The summed E-state index contributed by atoms with van der Waals surface area (Å²) in [7, 11) is 0. The number of anilines is 1. The SMILES string of the molecule is O=C1N=C(N2CCN(c3cccc(Cl)c3)CC2)S/C1=C/c1ccccc1Cl. The van der Waals surface area contributed by atoms with Crippen LogP contribution in [0.5, 0.6) is 0 Å². The molecule has 0 N–H and O–H groups in total. The summed E-state index contributed by atoms with van der Waals surface area (Å²) in [6, 6.07) is 15.4. The average molecular weight is 418 g/mol. The van der Waals surface area contributed by atoms with Crippen LogP contribution in [0.4, 0.5) is 5.69 Å². The third-order valence-corrected chi connectivity index (χ3v) is 6.15. The molecule has 0 bridgehead atoms. The van der Waals surface area contributed by atoms with Gasteiger partial charge < -0.3 is 9.80 Å². The monoisotopic (exact) mass is 417 g/mol. The maximum atomic E-state index is 12.3. The second-order valence-electron chi connectivity index (χ2n) is 6.29. The minimum atomic E-state index is -0.202. The Bertz CT molecular complexity index is 936. The first-order valence-corrected chi connectivity index (χ1v) is 10.2. The van der Waals surface area contributed by atoms with E-state index in [9.17, 15) is 4.79 Å². The number of benzene rings is 2. The summed E-state index contributed by atoms with van der Waals surface area (Å²) >= 11 is 13.7. The van der Waals surface area contributed by atoms with Crippen LogP contribution < -0.4 is 4.90 Å². The minimum Gasteiger partial charge on any atom is -0.368 e. The van der Waals surface area contributed by atoms with Crippen LogP contribution >= 0.6 is 35.0 Å². The summed E-state index contributed by atoms with van der Waals surface area (Å²) in [5.74, 6) is -0.202. The molecule has 0 saturated carbocycles. The zero-order chi connectivity index (χ0) is 18.8. The fraction of sp³-hybridized carbons (Fsp3) is 0.200. The minimum absolute atomic E-state index is 0.202. The van der Waals surface area contributed by atoms with Crippen molar-refractivity contribution in [2.45, 2.75) is 0 Å². The molecular formula is C20H17Cl2N3OS. The fourth-order valence-corrected chi connectivity index (χ4v) is 4.43. The van der Waals surface area contributed by atoms with Gasteiger partial charge in [-0.25, -0.2) is 0 Å². The first kappa shape index (κ1) is 18.4. The molecule has 1 fully saturated rings. The third-order valence-electron chi connectivity index (χ3n) is 4.52. The van der Waals surface area contributed by atoms with E-state index in [4.69, 9.17) is 23.2 Å². The number of thioether (sulfide) groups is 1. The lowest BCUT2D eigenvalue weighted by Crippen LogP contribution is -2.47. The summed E-state index contributed by atoms with van der Waals surface area (Å²) < 4.78 is 0. The molecule has 4 rings (SSSR count). The molecule has 0 aromatic heterocycles. The Balaban J connectivity index is 1.42. The molecule has 0 atom stereocenters. The van der Waals surface area contributed by atoms with Gasteiger partial charge in [-0.1, -0.05) is 47.5 Å². The molecule has 2 aliphatic heterocycles. The normalized spacial score (nSPS) is 19.0. The Labute approximate surface area is 172 Å². The van der Waals surface area contributed by atoms with Gasteiger partial charge in [0.25, 0.3) is 5.91 Å². The lowest BCUT2D eigenvalue weighted by atomic mass is 10.2. The van der Waals surface area contributed by atoms with Crippen LogP contribution in [-0.2, 0) is 4.79 Å². The number of halogens is 2. The summed E-state index contributed by atoms with van der Waals surface area (Å²) in [6.45, 7) is 3.34. The molecule has 2 aromatic carbocycles. The Kier molecular flexibility index (Phi) is 5.43. The Morgan fingerprint density at radius 1 is 0.963 bits per heavy atom. The Morgan fingerprint density at radius 2 is 1.70 bits per heavy atom. The van der Waals surface area contributed by atoms with Crippen LogP contribution in [0.2, 0.25) is 10.0 Å². The smallest absolute Gasteiger partial charge is 0.286 e. The van der Waals surface area contributed by atoms with E-state index in [1.165, 1.54) is 11.8 Å². The zero-order valence-electron chi connectivity index (χ0n) is 14.4. The molecule has 2 heterocycles. The maximum Gasteiger partial charge on any atom is 0.286 e. The lowest BCUT2D eigenvalue weighted by molar-refractivity contribution is -0.113. The van der Waals surface area contributed by atoms with Crippen LogP contribution in [0, 0.1) is 0 Å². The third kappa shape index (κ3) is 4.15. The number of carbonyl (C=O) groups excluding carboxylic acids is 1. The molecule has 7 heteroatoms. The number of nitrogens with zero attached hydrogens (tertiary/aromatic N) is 3. The van der Waals surface area contributed by atoms with Crippen molar-refractivity contribution < 1.29 is 4.79 Å². The van der Waals surface area contributed by atoms with Crippen molar-refractivity contribution in [3.63, 3.8) is 0 Å². The molecule has 0 spiro atoms. The van der Waals surface area contributed by atoms with Crippen LogP contribution in [-0.4, -0.2) is 42.2 Å². The molecule has 0 radical (unpaired) electrons. The highest BCUT2D eigenvalue weighted by molar-refractivity contribution is 8.18. The highest BCUT2D eigenvalue weighted by atomic mass is 35.5. The summed E-state index contributed by atoms with van der Waals surface area (Å²) in [4.78, 5) is 21.6. The molecule has 138 valence electrons. The number of hydrogen-bond acceptors (Lipinski definition) is 4. The summed E-state index contributed by atoms with van der Waals surface area (Å²) in [5.41, 5.74) is 1.95. The van der Waals surface area contributed by atoms with E-state index in [0.717, 1.165) is 47.6 Å². The average Bonchev–Trinajstić information content (AvgIpc) is 3.04. The van der Waals surface area contributed by atoms with Crippen LogP contribution in [0.1, 0.15) is 5.56 Å². The van der Waals surface area contributed by atoms with Gasteiger partial charge in [0.15, 0.2) is 5.17 Å². The lowest BCUT2D eigenvalue weighted by Gasteiger charge is -2.36. The number of amidine groups is 1. The topological polar surface area (TPSA) is 35.9 Å². The first-order valence-electron chi connectivity index (χ1n) is 8.63. The summed E-state index contributed by atoms with van der Waals surface area (Å²) in [5, 5.41) is 2.14. The van der Waals surface area contributed by atoms with Crippen molar-refractivity contribution in [2.24, 2.45) is 4.99 Å². The molecule has 2 aromatic rings. The largest absolute Gasteiger partial charge is 0.368 e. The van der Waals surface area contributed by atoms with E-state index in [2.05, 4.69) is 20.9 Å². The zero-order valence-corrected chi connectivity index (χ0v) is 16.8.